The van der Waals surface area contributed by atoms with Crippen molar-refractivity contribution in [1.82, 2.24) is 0 Å². The maximum absolute atomic E-state index is 12.9. The number of Topliss-reactive ketones (excluding diaryl/α,β-unsaturated/α-hetero) is 1. The van der Waals surface area contributed by atoms with E-state index >= 15 is 0 Å². The van der Waals surface area contributed by atoms with E-state index in [1.54, 1.807) is 61.7 Å². The number of ketones is 1. The fraction of sp³-hybridized carbons (Fsp3) is 0.0400. The molecule has 0 aliphatic rings. The van der Waals surface area contributed by atoms with Gasteiger partial charge in [-0.1, -0.05) is 60.8 Å². The zero-order valence-corrected chi connectivity index (χ0v) is 17.1. The molecule has 0 bridgehead atoms. The molecule has 156 valence electrons. The van der Waals surface area contributed by atoms with Gasteiger partial charge in [-0.15, -0.1) is 0 Å². The molecule has 6 heteroatoms. The van der Waals surface area contributed by atoms with Crippen molar-refractivity contribution in [3.05, 3.63) is 102 Å². The van der Waals surface area contributed by atoms with E-state index in [1.165, 1.54) is 0 Å². The quantitative estimate of drug-likeness (QED) is 0.233. The van der Waals surface area contributed by atoms with E-state index < -0.39 is 0 Å². The minimum Gasteiger partial charge on any atom is -0.496 e. The van der Waals surface area contributed by atoms with Crippen molar-refractivity contribution in [2.75, 3.05) is 7.11 Å². The molecule has 0 fully saturated rings. The lowest BCUT2D eigenvalue weighted by Crippen LogP contribution is -2.07. The SMILES string of the molecule is C=NOc1ccc(OC)c(C(=C)c2ccc(C(=O)C(=C)c3ccccc3ON)cc2)c1. The lowest BCUT2D eigenvalue weighted by molar-refractivity contribution is 0.105. The molecule has 0 amide bonds. The smallest absolute Gasteiger partial charge is 0.193 e. The molecule has 3 aromatic rings. The number of nitrogens with zero attached hydrogens (tertiary/aromatic N) is 1. The van der Waals surface area contributed by atoms with E-state index in [4.69, 9.17) is 20.3 Å². The van der Waals surface area contributed by atoms with Gasteiger partial charge in [0, 0.05) is 29.0 Å². The molecule has 0 saturated heterocycles. The second-order valence-corrected chi connectivity index (χ2v) is 6.56. The van der Waals surface area contributed by atoms with Crippen LogP contribution in [0.1, 0.15) is 27.0 Å². The normalized spacial score (nSPS) is 10.1. The molecule has 0 unspecified atom stereocenters. The zero-order valence-electron chi connectivity index (χ0n) is 17.1. The predicted molar refractivity (Wildman–Crippen MR) is 122 cm³/mol. The molecule has 3 rings (SSSR count). The standard InChI is InChI=1S/C25H22N2O4/c1-16(22-15-20(31-27-3)13-14-23(22)29-4)18-9-11-19(12-10-18)25(28)17(2)21-7-5-6-8-24(21)30-26/h5-15H,1-3,26H2,4H3. The number of carbonyl (C=O) groups excluding carboxylic acids is 1. The fourth-order valence-corrected chi connectivity index (χ4v) is 3.15. The molecule has 3 aromatic carbocycles. The lowest BCUT2D eigenvalue weighted by Gasteiger charge is -2.13. The second kappa shape index (κ2) is 9.56. The van der Waals surface area contributed by atoms with Gasteiger partial charge in [0.2, 0.25) is 0 Å². The van der Waals surface area contributed by atoms with Crippen LogP contribution in [-0.4, -0.2) is 19.6 Å². The largest absolute Gasteiger partial charge is 0.496 e. The number of nitrogens with two attached hydrogens (primary N) is 1. The van der Waals surface area contributed by atoms with Crippen molar-refractivity contribution in [2.24, 2.45) is 11.1 Å². The fourth-order valence-electron chi connectivity index (χ4n) is 3.15. The van der Waals surface area contributed by atoms with E-state index in [0.29, 0.717) is 33.9 Å². The van der Waals surface area contributed by atoms with Crippen LogP contribution in [0.2, 0.25) is 0 Å². The number of allylic oxidation sites excluding steroid dienone is 1. The highest BCUT2D eigenvalue weighted by Gasteiger charge is 2.17. The Morgan fingerprint density at radius 3 is 2.23 bits per heavy atom. The van der Waals surface area contributed by atoms with Crippen molar-refractivity contribution in [2.45, 2.75) is 0 Å². The summed E-state index contributed by atoms with van der Waals surface area (Å²) in [6, 6.07) is 19.3. The highest BCUT2D eigenvalue weighted by atomic mass is 16.6. The number of methoxy groups -OCH3 is 1. The number of hydrogen-bond donors (Lipinski definition) is 1. The number of carbonyl (C=O) groups is 1. The van der Waals surface area contributed by atoms with Crippen molar-refractivity contribution in [1.29, 1.82) is 0 Å². The number of benzene rings is 3. The van der Waals surface area contributed by atoms with Crippen molar-refractivity contribution >= 4 is 23.6 Å². The minimum absolute atomic E-state index is 0.230. The van der Waals surface area contributed by atoms with Crippen LogP contribution in [-0.2, 0) is 0 Å². The van der Waals surface area contributed by atoms with Gasteiger partial charge >= 0.3 is 0 Å². The van der Waals surface area contributed by atoms with Gasteiger partial charge in [-0.2, -0.15) is 5.90 Å². The first-order valence-electron chi connectivity index (χ1n) is 9.30. The second-order valence-electron chi connectivity index (χ2n) is 6.56. The molecular weight excluding hydrogens is 392 g/mol. The number of para-hydroxylation sites is 1. The Balaban J connectivity index is 1.87. The van der Waals surface area contributed by atoms with Gasteiger partial charge in [0.25, 0.3) is 0 Å². The first-order chi connectivity index (χ1) is 15.0. The zero-order chi connectivity index (χ0) is 22.4. The summed E-state index contributed by atoms with van der Waals surface area (Å²) in [6.45, 7) is 11.4. The molecule has 0 atom stereocenters. The average Bonchev–Trinajstić information content (AvgIpc) is 2.82. The molecule has 31 heavy (non-hydrogen) atoms. The molecule has 0 aliphatic carbocycles. The summed E-state index contributed by atoms with van der Waals surface area (Å²) in [7, 11) is 1.58. The van der Waals surface area contributed by atoms with Gasteiger partial charge in [-0.05, 0) is 35.4 Å². The van der Waals surface area contributed by atoms with E-state index in [-0.39, 0.29) is 11.4 Å². The molecule has 0 saturated carbocycles. The number of rotatable bonds is 9. The summed E-state index contributed by atoms with van der Waals surface area (Å²) in [4.78, 5) is 22.9. The van der Waals surface area contributed by atoms with Crippen LogP contribution < -0.4 is 20.3 Å². The Bertz CT molecular complexity index is 1150. The molecule has 0 radical (unpaired) electrons. The summed E-state index contributed by atoms with van der Waals surface area (Å²) < 4.78 is 5.43. The van der Waals surface area contributed by atoms with Gasteiger partial charge in [0.05, 0.1) is 7.11 Å². The first kappa shape index (κ1) is 21.5. The molecule has 0 aliphatic heterocycles. The highest BCUT2D eigenvalue weighted by Crippen LogP contribution is 2.33. The monoisotopic (exact) mass is 414 g/mol. The third-order valence-corrected chi connectivity index (χ3v) is 4.77. The van der Waals surface area contributed by atoms with Gasteiger partial charge in [0.15, 0.2) is 17.3 Å². The molecular formula is C25H22N2O4. The maximum Gasteiger partial charge on any atom is 0.193 e. The topological polar surface area (TPSA) is 83.1 Å². The molecule has 0 heterocycles. The van der Waals surface area contributed by atoms with Crippen molar-refractivity contribution < 1.29 is 19.2 Å². The first-order valence-corrected chi connectivity index (χ1v) is 9.30. The summed E-state index contributed by atoms with van der Waals surface area (Å²) in [5, 5.41) is 3.44. The Morgan fingerprint density at radius 1 is 0.903 bits per heavy atom. The highest BCUT2D eigenvalue weighted by molar-refractivity contribution is 6.28. The van der Waals surface area contributed by atoms with Gasteiger partial charge < -0.3 is 14.4 Å². The molecule has 0 spiro atoms. The van der Waals surface area contributed by atoms with E-state index in [2.05, 4.69) is 25.0 Å². The van der Waals surface area contributed by atoms with Crippen LogP contribution in [0.15, 0.2) is 85.0 Å². The Labute approximate surface area is 180 Å². The van der Waals surface area contributed by atoms with E-state index in [1.807, 2.05) is 12.1 Å². The third-order valence-electron chi connectivity index (χ3n) is 4.77. The Morgan fingerprint density at radius 2 is 1.58 bits per heavy atom. The minimum atomic E-state index is -0.230. The van der Waals surface area contributed by atoms with Crippen LogP contribution in [0.4, 0.5) is 0 Å². The van der Waals surface area contributed by atoms with Crippen LogP contribution in [0.3, 0.4) is 0 Å². The van der Waals surface area contributed by atoms with E-state index in [9.17, 15) is 4.79 Å². The number of oxime groups is 1. The Kier molecular flexibility index (Phi) is 6.64. The number of hydrogen-bond acceptors (Lipinski definition) is 6. The van der Waals surface area contributed by atoms with Gasteiger partial charge in [-0.25, -0.2) is 0 Å². The average molecular weight is 414 g/mol. The molecule has 6 nitrogen and oxygen atoms in total. The van der Waals surface area contributed by atoms with Gasteiger partial charge in [0.1, 0.15) is 5.75 Å². The van der Waals surface area contributed by atoms with Gasteiger partial charge in [-0.3, -0.25) is 4.79 Å². The summed E-state index contributed by atoms with van der Waals surface area (Å²) in [6.07, 6.45) is 0. The van der Waals surface area contributed by atoms with Crippen molar-refractivity contribution in [3.63, 3.8) is 0 Å². The maximum atomic E-state index is 12.9. The molecule has 2 N–H and O–H groups in total. The lowest BCUT2D eigenvalue weighted by atomic mass is 9.94. The Hall–Kier alpha value is -4.16. The summed E-state index contributed by atoms with van der Waals surface area (Å²) in [5.74, 6) is 6.59. The number of ether oxygens (including phenoxy) is 1. The van der Waals surface area contributed by atoms with E-state index in [0.717, 1.165) is 11.1 Å². The van der Waals surface area contributed by atoms with Crippen LogP contribution in [0.25, 0.3) is 11.1 Å². The van der Waals surface area contributed by atoms with Crippen LogP contribution >= 0.6 is 0 Å². The van der Waals surface area contributed by atoms with Crippen LogP contribution in [0, 0.1) is 0 Å². The molecule has 0 aromatic heterocycles. The predicted octanol–water partition coefficient (Wildman–Crippen LogP) is 4.90. The summed E-state index contributed by atoms with van der Waals surface area (Å²) in [5.41, 5.74) is 3.56. The van der Waals surface area contributed by atoms with Crippen LogP contribution in [0.5, 0.6) is 17.2 Å². The summed E-state index contributed by atoms with van der Waals surface area (Å²) >= 11 is 0. The van der Waals surface area contributed by atoms with Crippen molar-refractivity contribution in [3.8, 4) is 17.2 Å². The third kappa shape index (κ3) is 4.55.